The molecule has 1 aromatic carbocycles. The number of nitrogens with one attached hydrogen (secondary N) is 1. The van der Waals surface area contributed by atoms with Crippen LogP contribution in [0.3, 0.4) is 0 Å². The maximum absolute atomic E-state index is 12.6. The number of aromatic nitrogens is 1. The number of carbonyl (C=O) groups excluding carboxylic acids is 1. The van der Waals surface area contributed by atoms with Crippen LogP contribution in [0.15, 0.2) is 29.3 Å². The molecule has 1 atom stereocenters. The van der Waals surface area contributed by atoms with Crippen molar-refractivity contribution in [2.24, 2.45) is 22.2 Å². The first-order valence-corrected chi connectivity index (χ1v) is 12.6. The normalized spacial score (nSPS) is 13.2. The Bertz CT molecular complexity index is 1160. The molecule has 0 fully saturated rings. The summed E-state index contributed by atoms with van der Waals surface area (Å²) in [6.07, 6.45) is 0.417. The molecule has 0 unspecified atom stereocenters. The zero-order valence-electron chi connectivity index (χ0n) is 18.4. The van der Waals surface area contributed by atoms with Gasteiger partial charge >= 0.3 is 5.97 Å². The third-order valence-corrected chi connectivity index (χ3v) is 8.28. The molecule has 2 aromatic rings. The average Bonchev–Trinajstić information content (AvgIpc) is 3.11. The number of benzene rings is 1. The van der Waals surface area contributed by atoms with Gasteiger partial charge in [0.1, 0.15) is 0 Å². The van der Waals surface area contributed by atoms with E-state index in [1.807, 2.05) is 0 Å². The van der Waals surface area contributed by atoms with E-state index >= 15 is 0 Å². The molecule has 13 heteroatoms. The van der Waals surface area contributed by atoms with Gasteiger partial charge in [-0.15, -0.1) is 0 Å². The van der Waals surface area contributed by atoms with Gasteiger partial charge in [0.15, 0.2) is 15.8 Å². The molecule has 33 heavy (non-hydrogen) atoms. The number of sulfone groups is 1. The van der Waals surface area contributed by atoms with E-state index in [-0.39, 0.29) is 18.3 Å². The van der Waals surface area contributed by atoms with Crippen molar-refractivity contribution >= 4 is 44.1 Å². The van der Waals surface area contributed by atoms with E-state index in [1.165, 1.54) is 11.3 Å². The van der Waals surface area contributed by atoms with Gasteiger partial charge in [0, 0.05) is 18.5 Å². The maximum Gasteiger partial charge on any atom is 0.339 e. The van der Waals surface area contributed by atoms with Gasteiger partial charge in [-0.05, 0) is 31.0 Å². The molecule has 0 bridgehead atoms. The van der Waals surface area contributed by atoms with Gasteiger partial charge in [-0.2, -0.15) is 4.99 Å². The number of hydrogen-bond acceptors (Lipinski definition) is 8. The summed E-state index contributed by atoms with van der Waals surface area (Å²) < 4.78 is 24.9. The lowest BCUT2D eigenvalue weighted by molar-refractivity contribution is -0.140. The lowest BCUT2D eigenvalue weighted by atomic mass is 10.1. The van der Waals surface area contributed by atoms with Gasteiger partial charge in [-0.25, -0.2) is 18.2 Å². The molecule has 1 amide bonds. The summed E-state index contributed by atoms with van der Waals surface area (Å²) in [6, 6.07) is 6.70. The number of guanidine groups is 1. The van der Waals surface area contributed by atoms with Gasteiger partial charge in [-0.1, -0.05) is 36.8 Å². The van der Waals surface area contributed by atoms with E-state index in [0.717, 1.165) is 10.4 Å². The van der Waals surface area contributed by atoms with E-state index in [0.29, 0.717) is 29.2 Å². The average molecular weight is 497 g/mol. The Kier molecular flexibility index (Phi) is 8.52. The van der Waals surface area contributed by atoms with Crippen molar-refractivity contribution in [3.63, 3.8) is 0 Å². The molecule has 180 valence electrons. The van der Waals surface area contributed by atoms with Crippen LogP contribution >= 0.6 is 11.3 Å². The van der Waals surface area contributed by atoms with Crippen LogP contribution in [-0.2, 0) is 14.6 Å². The SMILES string of the molecule is CCCCS(=O)(=O)[C@@](N)(CCNC(=O)c1cccc(-c2sc(N=C(N)N)nc2C)c1)C(=O)O. The Hall–Kier alpha value is -3.03. The smallest absolute Gasteiger partial charge is 0.339 e. The van der Waals surface area contributed by atoms with Crippen molar-refractivity contribution in [3.05, 3.63) is 35.5 Å². The molecule has 0 aliphatic heterocycles. The van der Waals surface area contributed by atoms with Gasteiger partial charge in [0.2, 0.25) is 10.0 Å². The lowest BCUT2D eigenvalue weighted by Gasteiger charge is -2.24. The Balaban J connectivity index is 2.15. The number of carboxylic acid groups (broad SMARTS) is 1. The zero-order chi connectivity index (χ0) is 24.8. The first kappa shape index (κ1) is 26.2. The maximum atomic E-state index is 12.6. The number of aryl methyl sites for hydroxylation is 1. The van der Waals surface area contributed by atoms with Gasteiger partial charge in [-0.3, -0.25) is 4.79 Å². The number of unbranched alkanes of at least 4 members (excludes halogenated alkanes) is 1. The van der Waals surface area contributed by atoms with Crippen molar-refractivity contribution in [1.29, 1.82) is 0 Å². The number of carboxylic acids is 1. The fourth-order valence-electron chi connectivity index (χ4n) is 2.99. The van der Waals surface area contributed by atoms with Gasteiger partial charge in [0.25, 0.3) is 5.91 Å². The fourth-order valence-corrected chi connectivity index (χ4v) is 5.65. The van der Waals surface area contributed by atoms with Crippen LogP contribution < -0.4 is 22.5 Å². The molecule has 0 saturated carbocycles. The number of hydrogen-bond donors (Lipinski definition) is 5. The van der Waals surface area contributed by atoms with E-state index in [9.17, 15) is 23.1 Å². The molecule has 0 radical (unpaired) electrons. The largest absolute Gasteiger partial charge is 0.479 e. The van der Waals surface area contributed by atoms with Crippen molar-refractivity contribution in [1.82, 2.24) is 10.3 Å². The highest BCUT2D eigenvalue weighted by Gasteiger charge is 2.46. The topological polar surface area (TPSA) is 204 Å². The van der Waals surface area contributed by atoms with Gasteiger partial charge < -0.3 is 27.6 Å². The van der Waals surface area contributed by atoms with Crippen LogP contribution in [0.25, 0.3) is 10.4 Å². The molecule has 1 aromatic heterocycles. The van der Waals surface area contributed by atoms with Crippen molar-refractivity contribution in [3.8, 4) is 10.4 Å². The number of nitrogens with two attached hydrogens (primary N) is 3. The summed E-state index contributed by atoms with van der Waals surface area (Å²) in [4.78, 5) is 30.8. The van der Waals surface area contributed by atoms with Crippen molar-refractivity contribution in [2.45, 2.75) is 38.0 Å². The van der Waals surface area contributed by atoms with Crippen LogP contribution in [0.1, 0.15) is 42.2 Å². The van der Waals surface area contributed by atoms with Gasteiger partial charge in [0.05, 0.1) is 16.3 Å². The van der Waals surface area contributed by atoms with E-state index in [2.05, 4.69) is 15.3 Å². The van der Waals surface area contributed by atoms with Crippen LogP contribution in [-0.4, -0.2) is 53.5 Å². The molecule has 0 aliphatic rings. The van der Waals surface area contributed by atoms with E-state index in [1.54, 1.807) is 38.1 Å². The highest BCUT2D eigenvalue weighted by Crippen LogP contribution is 2.34. The molecule has 0 aliphatic carbocycles. The van der Waals surface area contributed by atoms with Crippen LogP contribution in [0.5, 0.6) is 0 Å². The Morgan fingerprint density at radius 2 is 2.00 bits per heavy atom. The minimum Gasteiger partial charge on any atom is -0.479 e. The van der Waals surface area contributed by atoms with Crippen LogP contribution in [0, 0.1) is 6.92 Å². The first-order chi connectivity index (χ1) is 15.4. The summed E-state index contributed by atoms with van der Waals surface area (Å²) in [5.41, 5.74) is 18.3. The summed E-state index contributed by atoms with van der Waals surface area (Å²) in [7, 11) is -4.11. The third-order valence-electron chi connectivity index (χ3n) is 4.86. The molecular weight excluding hydrogens is 468 g/mol. The summed E-state index contributed by atoms with van der Waals surface area (Å²) >= 11 is 1.26. The quantitative estimate of drug-likeness (QED) is 0.223. The number of thiazole rings is 1. The standard InChI is InChI=1S/C20H28N6O5S2/c1-3-4-10-33(30,31)20(23,17(28)29)8-9-24-16(27)14-7-5-6-13(11-14)15-12(2)25-19(32-15)26-18(21)22/h5-7,11H,3-4,8-10,23H2,1-2H3,(H,24,27)(H,28,29)(H4,21,22,25,26)/t20-/m0/s1. The third kappa shape index (κ3) is 6.27. The van der Waals surface area contributed by atoms with Crippen LogP contribution in [0.4, 0.5) is 5.13 Å². The molecule has 1 heterocycles. The fraction of sp³-hybridized carbons (Fsp3) is 0.400. The minimum atomic E-state index is -4.11. The summed E-state index contributed by atoms with van der Waals surface area (Å²) in [5, 5.41) is 12.4. The highest BCUT2D eigenvalue weighted by molar-refractivity contribution is 7.93. The minimum absolute atomic E-state index is 0.113. The second-order valence-electron chi connectivity index (χ2n) is 7.40. The predicted octanol–water partition coefficient (Wildman–Crippen LogP) is 1.10. The Morgan fingerprint density at radius 1 is 1.30 bits per heavy atom. The second kappa shape index (κ2) is 10.7. The summed E-state index contributed by atoms with van der Waals surface area (Å²) in [5.74, 6) is -2.59. The highest BCUT2D eigenvalue weighted by atomic mass is 32.2. The van der Waals surface area contributed by atoms with E-state index in [4.69, 9.17) is 17.2 Å². The van der Waals surface area contributed by atoms with Crippen LogP contribution in [0.2, 0.25) is 0 Å². The number of aliphatic imine (C=N–C) groups is 1. The Morgan fingerprint density at radius 3 is 2.61 bits per heavy atom. The molecule has 8 N–H and O–H groups in total. The number of aliphatic carboxylic acids is 1. The molecule has 11 nitrogen and oxygen atoms in total. The lowest BCUT2D eigenvalue weighted by Crippen LogP contribution is -2.57. The monoisotopic (exact) mass is 496 g/mol. The number of rotatable bonds is 11. The molecule has 0 spiro atoms. The number of carbonyl (C=O) groups is 2. The molecular formula is C20H28N6O5S2. The molecule has 0 saturated heterocycles. The van der Waals surface area contributed by atoms with E-state index < -0.39 is 33.0 Å². The number of nitrogens with zero attached hydrogens (tertiary/aromatic N) is 2. The predicted molar refractivity (Wildman–Crippen MR) is 128 cm³/mol. The summed E-state index contributed by atoms with van der Waals surface area (Å²) in [6.45, 7) is 3.35. The zero-order valence-corrected chi connectivity index (χ0v) is 20.0. The van der Waals surface area contributed by atoms with Crippen molar-refractivity contribution < 1.29 is 23.1 Å². The first-order valence-electron chi connectivity index (χ1n) is 10.1. The second-order valence-corrected chi connectivity index (χ2v) is 10.7. The Labute approximate surface area is 196 Å². The number of amides is 1. The molecule has 2 rings (SSSR count). The van der Waals surface area contributed by atoms with Crippen molar-refractivity contribution in [2.75, 3.05) is 12.3 Å².